The predicted molar refractivity (Wildman–Crippen MR) is 66.9 cm³/mol. The molecule has 1 atom stereocenters. The summed E-state index contributed by atoms with van der Waals surface area (Å²) in [7, 11) is 0. The van der Waals surface area contributed by atoms with Gasteiger partial charge in [-0.1, -0.05) is 31.4 Å². The van der Waals surface area contributed by atoms with Gasteiger partial charge in [0, 0.05) is 5.92 Å². The normalized spacial score (nSPS) is 12.0. The Kier molecular flexibility index (Phi) is 4.47. The predicted octanol–water partition coefficient (Wildman–Crippen LogP) is 2.00. The van der Waals surface area contributed by atoms with Gasteiger partial charge in [-0.25, -0.2) is 9.97 Å². The number of carbonyl (C=O) groups excluding carboxylic acids is 1. The number of amides is 1. The van der Waals surface area contributed by atoms with Crippen molar-refractivity contribution in [3.8, 4) is 12.3 Å². The molecule has 0 aliphatic rings. The lowest BCUT2D eigenvalue weighted by Crippen LogP contribution is -2.32. The van der Waals surface area contributed by atoms with Crippen LogP contribution in [0.15, 0.2) is 6.20 Å². The Balaban J connectivity index is 3.01. The maximum atomic E-state index is 11.8. The Morgan fingerprint density at radius 2 is 2.18 bits per heavy atom. The summed E-state index contributed by atoms with van der Waals surface area (Å²) in [5, 5.41) is 2.82. The maximum Gasteiger partial charge on any atom is 0.272 e. The van der Waals surface area contributed by atoms with Crippen molar-refractivity contribution in [3.05, 3.63) is 22.7 Å². The van der Waals surface area contributed by atoms with Crippen LogP contribution in [-0.2, 0) is 0 Å². The van der Waals surface area contributed by atoms with Crippen LogP contribution in [0.25, 0.3) is 0 Å². The zero-order valence-corrected chi connectivity index (χ0v) is 10.7. The van der Waals surface area contributed by atoms with Crippen molar-refractivity contribution in [2.45, 2.75) is 32.7 Å². The minimum atomic E-state index is -0.384. The van der Waals surface area contributed by atoms with Gasteiger partial charge in [-0.05, 0) is 6.92 Å². The van der Waals surface area contributed by atoms with Gasteiger partial charge in [0.05, 0.1) is 17.3 Å². The van der Waals surface area contributed by atoms with Crippen molar-refractivity contribution in [1.29, 1.82) is 0 Å². The Labute approximate surface area is 106 Å². The maximum absolute atomic E-state index is 11.8. The molecule has 90 valence electrons. The van der Waals surface area contributed by atoms with Crippen LogP contribution in [0.2, 0.25) is 5.02 Å². The third-order valence-corrected chi connectivity index (χ3v) is 2.37. The standard InChI is InChI=1S/C12H14ClN3O/c1-5-8(4)15-12(17)10-9(13)6-14-11(16-10)7(2)3/h1,6-8H,2-4H3,(H,15,17). The van der Waals surface area contributed by atoms with Gasteiger partial charge in [0.25, 0.3) is 5.91 Å². The molecule has 0 saturated heterocycles. The highest BCUT2D eigenvalue weighted by Crippen LogP contribution is 2.16. The lowest BCUT2D eigenvalue weighted by molar-refractivity contribution is 0.0943. The summed E-state index contributed by atoms with van der Waals surface area (Å²) >= 11 is 5.88. The molecular formula is C12H14ClN3O. The fourth-order valence-electron chi connectivity index (χ4n) is 1.12. The first-order valence-corrected chi connectivity index (χ1v) is 5.63. The monoisotopic (exact) mass is 251 g/mol. The molecule has 1 aromatic heterocycles. The minimum absolute atomic E-state index is 0.129. The molecule has 1 rings (SSSR count). The summed E-state index contributed by atoms with van der Waals surface area (Å²) in [6.07, 6.45) is 6.61. The van der Waals surface area contributed by atoms with Crippen molar-refractivity contribution in [2.75, 3.05) is 0 Å². The topological polar surface area (TPSA) is 54.9 Å². The van der Waals surface area contributed by atoms with E-state index in [0.717, 1.165) is 0 Å². The first kappa shape index (κ1) is 13.5. The number of nitrogens with zero attached hydrogens (tertiary/aromatic N) is 2. The smallest absolute Gasteiger partial charge is 0.272 e. The molecule has 0 aliphatic carbocycles. The number of rotatable bonds is 3. The molecule has 5 heteroatoms. The molecule has 1 amide bonds. The first-order chi connectivity index (χ1) is 7.95. The zero-order valence-electron chi connectivity index (χ0n) is 9.99. The fraction of sp³-hybridized carbons (Fsp3) is 0.417. The first-order valence-electron chi connectivity index (χ1n) is 5.25. The Hall–Kier alpha value is -1.60. The second kappa shape index (κ2) is 5.65. The van der Waals surface area contributed by atoms with Gasteiger partial charge >= 0.3 is 0 Å². The second-order valence-electron chi connectivity index (χ2n) is 3.94. The highest BCUT2D eigenvalue weighted by Gasteiger charge is 2.16. The van der Waals surface area contributed by atoms with Gasteiger partial charge in [0.2, 0.25) is 0 Å². The van der Waals surface area contributed by atoms with Crippen LogP contribution in [0.1, 0.15) is 43.0 Å². The van der Waals surface area contributed by atoms with Crippen LogP contribution in [0.5, 0.6) is 0 Å². The lowest BCUT2D eigenvalue weighted by atomic mass is 10.2. The van der Waals surface area contributed by atoms with Crippen molar-refractivity contribution in [2.24, 2.45) is 0 Å². The minimum Gasteiger partial charge on any atom is -0.337 e. The Morgan fingerprint density at radius 3 is 2.71 bits per heavy atom. The number of hydrogen-bond donors (Lipinski definition) is 1. The summed E-state index contributed by atoms with van der Waals surface area (Å²) < 4.78 is 0. The van der Waals surface area contributed by atoms with Crippen molar-refractivity contribution in [3.63, 3.8) is 0 Å². The molecule has 17 heavy (non-hydrogen) atoms. The van der Waals surface area contributed by atoms with E-state index < -0.39 is 0 Å². The van der Waals surface area contributed by atoms with Crippen LogP contribution >= 0.6 is 11.6 Å². The van der Waals surface area contributed by atoms with E-state index in [1.807, 2.05) is 13.8 Å². The largest absolute Gasteiger partial charge is 0.337 e. The summed E-state index contributed by atoms with van der Waals surface area (Å²) in [5.41, 5.74) is 0.160. The summed E-state index contributed by atoms with van der Waals surface area (Å²) in [6.45, 7) is 5.58. The van der Waals surface area contributed by atoms with Crippen LogP contribution < -0.4 is 5.32 Å². The number of carbonyl (C=O) groups is 1. The number of terminal acetylenes is 1. The van der Waals surface area contributed by atoms with E-state index in [1.165, 1.54) is 6.20 Å². The molecule has 0 aromatic carbocycles. The third-order valence-electron chi connectivity index (χ3n) is 2.09. The molecule has 0 aliphatic heterocycles. The number of halogens is 1. The SMILES string of the molecule is C#CC(C)NC(=O)c1nc(C(C)C)ncc1Cl. The van der Waals surface area contributed by atoms with Gasteiger partial charge in [-0.15, -0.1) is 6.42 Å². The molecular weight excluding hydrogens is 238 g/mol. The van der Waals surface area contributed by atoms with E-state index in [1.54, 1.807) is 6.92 Å². The van der Waals surface area contributed by atoms with Crippen LogP contribution in [0.4, 0.5) is 0 Å². The van der Waals surface area contributed by atoms with Crippen LogP contribution in [0, 0.1) is 12.3 Å². The quantitative estimate of drug-likeness (QED) is 0.836. The molecule has 1 N–H and O–H groups in total. The van der Waals surface area contributed by atoms with E-state index in [9.17, 15) is 4.79 Å². The van der Waals surface area contributed by atoms with Crippen molar-refractivity contribution < 1.29 is 4.79 Å². The van der Waals surface area contributed by atoms with E-state index >= 15 is 0 Å². The Bertz CT molecular complexity index is 465. The van der Waals surface area contributed by atoms with E-state index in [2.05, 4.69) is 21.2 Å². The van der Waals surface area contributed by atoms with E-state index in [-0.39, 0.29) is 28.6 Å². The second-order valence-corrected chi connectivity index (χ2v) is 4.35. The lowest BCUT2D eigenvalue weighted by Gasteiger charge is -2.10. The third kappa shape index (κ3) is 3.43. The van der Waals surface area contributed by atoms with Gasteiger partial charge in [-0.3, -0.25) is 4.79 Å². The molecule has 1 unspecified atom stereocenters. The van der Waals surface area contributed by atoms with Gasteiger partial charge < -0.3 is 5.32 Å². The summed E-state index contributed by atoms with van der Waals surface area (Å²) in [5.74, 6) is 2.72. The van der Waals surface area contributed by atoms with Crippen LogP contribution in [0.3, 0.4) is 0 Å². The molecule has 0 saturated carbocycles. The van der Waals surface area contributed by atoms with Crippen molar-refractivity contribution in [1.82, 2.24) is 15.3 Å². The molecule has 0 spiro atoms. The zero-order chi connectivity index (χ0) is 13.0. The average molecular weight is 252 g/mol. The van der Waals surface area contributed by atoms with Crippen LogP contribution in [-0.4, -0.2) is 21.9 Å². The number of nitrogens with one attached hydrogen (secondary N) is 1. The van der Waals surface area contributed by atoms with Gasteiger partial charge in [-0.2, -0.15) is 0 Å². The number of aromatic nitrogens is 2. The summed E-state index contributed by atoms with van der Waals surface area (Å²) in [4.78, 5) is 20.0. The molecule has 0 bridgehead atoms. The highest BCUT2D eigenvalue weighted by atomic mass is 35.5. The summed E-state index contributed by atoms with van der Waals surface area (Å²) in [6, 6.07) is -0.365. The Morgan fingerprint density at radius 1 is 1.53 bits per heavy atom. The fourth-order valence-corrected chi connectivity index (χ4v) is 1.30. The molecule has 0 fully saturated rings. The number of hydrogen-bond acceptors (Lipinski definition) is 3. The molecule has 0 radical (unpaired) electrons. The van der Waals surface area contributed by atoms with Crippen molar-refractivity contribution >= 4 is 17.5 Å². The highest BCUT2D eigenvalue weighted by molar-refractivity contribution is 6.33. The molecule has 1 heterocycles. The molecule has 4 nitrogen and oxygen atoms in total. The molecule has 1 aromatic rings. The van der Waals surface area contributed by atoms with E-state index in [4.69, 9.17) is 18.0 Å². The van der Waals surface area contributed by atoms with E-state index in [0.29, 0.717) is 5.82 Å². The van der Waals surface area contributed by atoms with Gasteiger partial charge in [0.1, 0.15) is 11.5 Å². The average Bonchev–Trinajstić information content (AvgIpc) is 2.28. The van der Waals surface area contributed by atoms with Gasteiger partial charge in [0.15, 0.2) is 0 Å².